The highest BCUT2D eigenvalue weighted by Crippen LogP contribution is 2.22. The molecule has 0 bridgehead atoms. The minimum Gasteiger partial charge on any atom is -0.481 e. The van der Waals surface area contributed by atoms with E-state index in [1.165, 1.54) is 6.20 Å². The van der Waals surface area contributed by atoms with Gasteiger partial charge < -0.3 is 15.0 Å². The third kappa shape index (κ3) is 3.91. The van der Waals surface area contributed by atoms with Crippen LogP contribution in [0.5, 0.6) is 5.88 Å². The average Bonchev–Trinajstić information content (AvgIpc) is 2.64. The second-order valence-corrected chi connectivity index (χ2v) is 5.97. The number of halogens is 1. The molecule has 126 valence electrons. The summed E-state index contributed by atoms with van der Waals surface area (Å²) in [6, 6.07) is 5.08. The molecule has 1 fully saturated rings. The van der Waals surface area contributed by atoms with E-state index in [9.17, 15) is 4.79 Å². The number of carbonyl (C=O) groups excluding carboxylic acids is 1. The zero-order chi connectivity index (χ0) is 16.9. The third-order valence-corrected chi connectivity index (χ3v) is 4.10. The van der Waals surface area contributed by atoms with Gasteiger partial charge in [0.1, 0.15) is 5.82 Å². The first-order valence-electron chi connectivity index (χ1n) is 7.70. The molecule has 0 saturated carbocycles. The molecule has 0 aliphatic carbocycles. The Morgan fingerprint density at radius 2 is 2.25 bits per heavy atom. The van der Waals surface area contributed by atoms with E-state index >= 15 is 0 Å². The lowest BCUT2D eigenvalue weighted by molar-refractivity contribution is -0.120. The first-order chi connectivity index (χ1) is 11.7. The molecule has 2 aromatic heterocycles. The number of ether oxygens (including phenoxy) is 1. The van der Waals surface area contributed by atoms with E-state index in [4.69, 9.17) is 16.3 Å². The number of rotatable bonds is 4. The summed E-state index contributed by atoms with van der Waals surface area (Å²) in [5, 5.41) is 3.37. The number of hydrogen-bond acceptors (Lipinski definition) is 6. The molecule has 8 heteroatoms. The molecule has 0 aromatic carbocycles. The first-order valence-corrected chi connectivity index (χ1v) is 8.08. The van der Waals surface area contributed by atoms with Crippen LogP contribution in [-0.2, 0) is 4.79 Å². The van der Waals surface area contributed by atoms with Crippen LogP contribution in [-0.4, -0.2) is 41.1 Å². The van der Waals surface area contributed by atoms with Crippen LogP contribution in [0.4, 0.5) is 11.8 Å². The number of piperidine rings is 1. The average molecular weight is 348 g/mol. The predicted molar refractivity (Wildman–Crippen MR) is 91.4 cm³/mol. The lowest BCUT2D eigenvalue weighted by atomic mass is 9.97. The van der Waals surface area contributed by atoms with Crippen LogP contribution in [0.2, 0.25) is 5.02 Å². The summed E-state index contributed by atoms with van der Waals surface area (Å²) in [7, 11) is 1.57. The number of amides is 1. The fourth-order valence-corrected chi connectivity index (χ4v) is 2.76. The molecule has 2 aromatic rings. The number of aromatic nitrogens is 3. The number of anilines is 2. The van der Waals surface area contributed by atoms with Crippen molar-refractivity contribution < 1.29 is 9.53 Å². The van der Waals surface area contributed by atoms with Crippen LogP contribution in [0.3, 0.4) is 0 Å². The maximum absolute atomic E-state index is 12.5. The molecule has 24 heavy (non-hydrogen) atoms. The molecule has 1 aliphatic heterocycles. The van der Waals surface area contributed by atoms with Crippen LogP contribution in [0, 0.1) is 5.92 Å². The molecular formula is C16H18ClN5O2. The molecule has 3 rings (SSSR count). The van der Waals surface area contributed by atoms with Gasteiger partial charge in [0.15, 0.2) is 0 Å². The van der Waals surface area contributed by atoms with Crippen molar-refractivity contribution in [1.29, 1.82) is 0 Å². The standard InChI is InChI=1S/C16H18ClN5O2/c1-24-14-6-7-18-16(21-14)22-8-2-3-11(10-22)15(23)20-13-5-4-12(17)9-19-13/h4-7,9,11H,2-3,8,10H2,1H3,(H,19,20,23)/t11-/m1/s1. The Morgan fingerprint density at radius 1 is 1.38 bits per heavy atom. The lowest BCUT2D eigenvalue weighted by Gasteiger charge is -2.31. The zero-order valence-electron chi connectivity index (χ0n) is 13.3. The van der Waals surface area contributed by atoms with Gasteiger partial charge in [-0.15, -0.1) is 0 Å². The molecule has 0 radical (unpaired) electrons. The summed E-state index contributed by atoms with van der Waals surface area (Å²) < 4.78 is 5.13. The van der Waals surface area contributed by atoms with Crippen molar-refractivity contribution in [2.45, 2.75) is 12.8 Å². The highest BCUT2D eigenvalue weighted by Gasteiger charge is 2.27. The first kappa shape index (κ1) is 16.4. The quantitative estimate of drug-likeness (QED) is 0.914. The summed E-state index contributed by atoms with van der Waals surface area (Å²) in [5.41, 5.74) is 0. The van der Waals surface area contributed by atoms with Gasteiger partial charge in [-0.25, -0.2) is 9.97 Å². The molecule has 1 N–H and O–H groups in total. The number of hydrogen-bond donors (Lipinski definition) is 1. The molecule has 0 unspecified atom stereocenters. The SMILES string of the molecule is COc1ccnc(N2CCC[C@@H](C(=O)Nc3ccc(Cl)cn3)C2)n1. The predicted octanol–water partition coefficient (Wildman–Crippen LogP) is 2.39. The monoisotopic (exact) mass is 347 g/mol. The van der Waals surface area contributed by atoms with Gasteiger partial charge in [-0.1, -0.05) is 11.6 Å². The molecule has 1 aliphatic rings. The van der Waals surface area contributed by atoms with Crippen LogP contribution in [0.25, 0.3) is 0 Å². The van der Waals surface area contributed by atoms with Gasteiger partial charge in [0, 0.05) is 31.5 Å². The van der Waals surface area contributed by atoms with Gasteiger partial charge in [-0.2, -0.15) is 4.98 Å². The topological polar surface area (TPSA) is 80.2 Å². The Balaban J connectivity index is 1.66. The summed E-state index contributed by atoms with van der Waals surface area (Å²) in [6.45, 7) is 1.38. The van der Waals surface area contributed by atoms with Crippen molar-refractivity contribution in [3.63, 3.8) is 0 Å². The minimum atomic E-state index is -0.147. The molecular weight excluding hydrogens is 330 g/mol. The van der Waals surface area contributed by atoms with Gasteiger partial charge in [0.25, 0.3) is 0 Å². The number of nitrogens with zero attached hydrogens (tertiary/aromatic N) is 4. The fraction of sp³-hybridized carbons (Fsp3) is 0.375. The maximum Gasteiger partial charge on any atom is 0.230 e. The Morgan fingerprint density at radius 3 is 3.00 bits per heavy atom. The van der Waals surface area contributed by atoms with E-state index in [1.54, 1.807) is 31.5 Å². The van der Waals surface area contributed by atoms with Crippen molar-refractivity contribution in [3.05, 3.63) is 35.6 Å². The van der Waals surface area contributed by atoms with Gasteiger partial charge in [0.05, 0.1) is 18.1 Å². The molecule has 1 saturated heterocycles. The summed E-state index contributed by atoms with van der Waals surface area (Å²) in [4.78, 5) is 27.2. The number of nitrogens with one attached hydrogen (secondary N) is 1. The van der Waals surface area contributed by atoms with E-state index in [0.29, 0.717) is 29.2 Å². The van der Waals surface area contributed by atoms with E-state index in [1.807, 2.05) is 4.90 Å². The molecule has 1 atom stereocenters. The Hall–Kier alpha value is -2.41. The maximum atomic E-state index is 12.5. The normalized spacial score (nSPS) is 17.4. The van der Waals surface area contributed by atoms with Crippen molar-refractivity contribution in [2.75, 3.05) is 30.4 Å². The minimum absolute atomic E-state index is 0.0579. The van der Waals surface area contributed by atoms with Crippen molar-refractivity contribution in [3.8, 4) is 5.88 Å². The van der Waals surface area contributed by atoms with E-state index in [2.05, 4.69) is 20.3 Å². The van der Waals surface area contributed by atoms with Crippen LogP contribution >= 0.6 is 11.6 Å². The number of methoxy groups -OCH3 is 1. The smallest absolute Gasteiger partial charge is 0.230 e. The summed E-state index contributed by atoms with van der Waals surface area (Å²) >= 11 is 5.80. The zero-order valence-corrected chi connectivity index (χ0v) is 14.0. The number of pyridine rings is 1. The van der Waals surface area contributed by atoms with Gasteiger partial charge >= 0.3 is 0 Å². The largest absolute Gasteiger partial charge is 0.481 e. The fourth-order valence-electron chi connectivity index (χ4n) is 2.65. The van der Waals surface area contributed by atoms with Crippen molar-refractivity contribution >= 4 is 29.3 Å². The van der Waals surface area contributed by atoms with Crippen LogP contribution < -0.4 is 15.0 Å². The van der Waals surface area contributed by atoms with Gasteiger partial charge in [-0.3, -0.25) is 4.79 Å². The highest BCUT2D eigenvalue weighted by atomic mass is 35.5. The molecule has 1 amide bonds. The Bertz CT molecular complexity index is 710. The van der Waals surface area contributed by atoms with Gasteiger partial charge in [-0.05, 0) is 25.0 Å². The molecule has 7 nitrogen and oxygen atoms in total. The van der Waals surface area contributed by atoms with E-state index < -0.39 is 0 Å². The number of carbonyl (C=O) groups is 1. The summed E-state index contributed by atoms with van der Waals surface area (Å²) in [6.07, 6.45) is 4.88. The van der Waals surface area contributed by atoms with Crippen LogP contribution in [0.1, 0.15) is 12.8 Å². The molecule has 0 spiro atoms. The van der Waals surface area contributed by atoms with Gasteiger partial charge in [0.2, 0.25) is 17.7 Å². The second-order valence-electron chi connectivity index (χ2n) is 5.54. The summed E-state index contributed by atoms with van der Waals surface area (Å²) in [5.74, 6) is 1.39. The Labute approximate surface area is 145 Å². The Kier molecular flexibility index (Phi) is 5.10. The van der Waals surface area contributed by atoms with E-state index in [0.717, 1.165) is 19.4 Å². The molecule has 3 heterocycles. The van der Waals surface area contributed by atoms with E-state index in [-0.39, 0.29) is 11.8 Å². The van der Waals surface area contributed by atoms with Crippen molar-refractivity contribution in [2.24, 2.45) is 5.92 Å². The third-order valence-electron chi connectivity index (χ3n) is 3.88. The van der Waals surface area contributed by atoms with Crippen molar-refractivity contribution in [1.82, 2.24) is 15.0 Å². The lowest BCUT2D eigenvalue weighted by Crippen LogP contribution is -2.41. The highest BCUT2D eigenvalue weighted by molar-refractivity contribution is 6.30. The van der Waals surface area contributed by atoms with Crippen LogP contribution in [0.15, 0.2) is 30.6 Å². The second kappa shape index (κ2) is 7.44.